The minimum atomic E-state index is -2.90. The van der Waals surface area contributed by atoms with Crippen LogP contribution in [0.15, 0.2) is 10.9 Å². The number of carbonyl (C=O) groups excluding carboxylic acids is 1. The highest BCUT2D eigenvalue weighted by molar-refractivity contribution is 5.73. The molecule has 0 fully saturated rings. The second kappa shape index (κ2) is 4.73. The third kappa shape index (κ3) is 2.56. The van der Waals surface area contributed by atoms with Crippen molar-refractivity contribution in [3.05, 3.63) is 27.7 Å². The number of halogens is 2. The van der Waals surface area contributed by atoms with E-state index in [4.69, 9.17) is 0 Å². The van der Waals surface area contributed by atoms with E-state index < -0.39 is 35.8 Å². The highest BCUT2D eigenvalue weighted by Gasteiger charge is 2.16. The number of hydrogen-bond acceptors (Lipinski definition) is 4. The van der Waals surface area contributed by atoms with Crippen molar-refractivity contribution in [3.63, 3.8) is 0 Å². The fraction of sp³-hybridized carbons (Fsp3) is 0.333. The van der Waals surface area contributed by atoms with Gasteiger partial charge in [-0.2, -0.15) is 0 Å². The fourth-order valence-electron chi connectivity index (χ4n) is 1.10. The molecule has 88 valence electrons. The van der Waals surface area contributed by atoms with Crippen molar-refractivity contribution in [3.8, 4) is 5.75 Å². The van der Waals surface area contributed by atoms with Gasteiger partial charge in [-0.3, -0.25) is 9.59 Å². The third-order valence-corrected chi connectivity index (χ3v) is 1.92. The Morgan fingerprint density at radius 3 is 2.69 bits per heavy atom. The quantitative estimate of drug-likeness (QED) is 0.754. The maximum Gasteiger partial charge on any atom is 0.310 e. The first-order valence-electron chi connectivity index (χ1n) is 4.25. The van der Waals surface area contributed by atoms with Crippen molar-refractivity contribution in [2.24, 2.45) is 0 Å². The lowest BCUT2D eigenvalue weighted by Crippen LogP contribution is -2.18. The van der Waals surface area contributed by atoms with Crippen LogP contribution in [0, 0.1) is 0 Å². The Morgan fingerprint density at radius 2 is 2.25 bits per heavy atom. The summed E-state index contributed by atoms with van der Waals surface area (Å²) in [6.45, 7) is 0. The molecule has 0 bridgehead atoms. The average molecular weight is 233 g/mol. The van der Waals surface area contributed by atoms with Gasteiger partial charge in [-0.15, -0.1) is 0 Å². The number of pyridine rings is 1. The maximum atomic E-state index is 12.2. The molecular weight excluding hydrogens is 224 g/mol. The van der Waals surface area contributed by atoms with Crippen molar-refractivity contribution in [1.82, 2.24) is 4.98 Å². The fourth-order valence-corrected chi connectivity index (χ4v) is 1.10. The molecule has 0 aliphatic carbocycles. The number of rotatable bonds is 3. The zero-order chi connectivity index (χ0) is 12.3. The molecule has 0 spiro atoms. The van der Waals surface area contributed by atoms with E-state index in [0.29, 0.717) is 6.07 Å². The van der Waals surface area contributed by atoms with Crippen LogP contribution < -0.4 is 5.56 Å². The van der Waals surface area contributed by atoms with E-state index >= 15 is 0 Å². The largest absolute Gasteiger partial charge is 0.507 e. The second-order valence-electron chi connectivity index (χ2n) is 2.97. The van der Waals surface area contributed by atoms with Crippen LogP contribution in [-0.4, -0.2) is 23.2 Å². The van der Waals surface area contributed by atoms with E-state index in [-0.39, 0.29) is 5.56 Å². The number of aromatic nitrogens is 1. The van der Waals surface area contributed by atoms with Gasteiger partial charge in [0.25, 0.3) is 12.0 Å². The van der Waals surface area contributed by atoms with Crippen LogP contribution in [0.5, 0.6) is 5.75 Å². The lowest BCUT2D eigenvalue weighted by Gasteiger charge is -2.05. The minimum Gasteiger partial charge on any atom is -0.507 e. The molecule has 5 nitrogen and oxygen atoms in total. The zero-order valence-electron chi connectivity index (χ0n) is 8.29. The highest BCUT2D eigenvalue weighted by Crippen LogP contribution is 2.21. The van der Waals surface area contributed by atoms with Gasteiger partial charge < -0.3 is 14.8 Å². The number of H-pyrrole nitrogens is 1. The molecule has 0 aliphatic heterocycles. The van der Waals surface area contributed by atoms with Crippen LogP contribution in [0.1, 0.15) is 17.7 Å². The van der Waals surface area contributed by atoms with Gasteiger partial charge in [-0.05, 0) is 0 Å². The van der Waals surface area contributed by atoms with Gasteiger partial charge in [0.2, 0.25) is 0 Å². The number of nitrogens with one attached hydrogen (secondary N) is 1. The van der Waals surface area contributed by atoms with Gasteiger partial charge in [0.05, 0.1) is 24.8 Å². The van der Waals surface area contributed by atoms with Gasteiger partial charge >= 0.3 is 5.97 Å². The normalized spacial score (nSPS) is 10.5. The first kappa shape index (κ1) is 12.2. The van der Waals surface area contributed by atoms with E-state index in [1.165, 1.54) is 0 Å². The smallest absolute Gasteiger partial charge is 0.310 e. The molecule has 0 aromatic carbocycles. The van der Waals surface area contributed by atoms with Crippen LogP contribution in [0.3, 0.4) is 0 Å². The molecule has 1 aromatic heterocycles. The first-order chi connectivity index (χ1) is 7.45. The first-order valence-corrected chi connectivity index (χ1v) is 4.25. The zero-order valence-corrected chi connectivity index (χ0v) is 8.29. The Morgan fingerprint density at radius 1 is 1.62 bits per heavy atom. The number of aromatic hydroxyl groups is 1. The van der Waals surface area contributed by atoms with Crippen LogP contribution in [0.4, 0.5) is 8.78 Å². The molecule has 0 amide bonds. The number of ether oxygens (including phenoxy) is 1. The summed E-state index contributed by atoms with van der Waals surface area (Å²) in [5, 5.41) is 9.30. The van der Waals surface area contributed by atoms with E-state index in [0.717, 1.165) is 7.11 Å². The molecule has 1 heterocycles. The predicted molar refractivity (Wildman–Crippen MR) is 49.4 cm³/mol. The van der Waals surface area contributed by atoms with E-state index in [1.807, 2.05) is 4.98 Å². The summed E-state index contributed by atoms with van der Waals surface area (Å²) in [7, 11) is 1.11. The van der Waals surface area contributed by atoms with Crippen molar-refractivity contribution in [1.29, 1.82) is 0 Å². The summed E-state index contributed by atoms with van der Waals surface area (Å²) >= 11 is 0. The number of alkyl halides is 2. The number of esters is 1. The van der Waals surface area contributed by atoms with Crippen LogP contribution in [-0.2, 0) is 16.0 Å². The molecule has 0 saturated carbocycles. The van der Waals surface area contributed by atoms with Gasteiger partial charge in [-0.25, -0.2) is 8.78 Å². The van der Waals surface area contributed by atoms with Gasteiger partial charge in [0.1, 0.15) is 5.75 Å². The molecule has 16 heavy (non-hydrogen) atoms. The molecule has 0 saturated heterocycles. The molecule has 7 heteroatoms. The van der Waals surface area contributed by atoms with Crippen molar-refractivity contribution < 1.29 is 23.4 Å². The number of aromatic amines is 1. The summed E-state index contributed by atoms with van der Waals surface area (Å²) in [5.74, 6) is -1.39. The molecule has 1 rings (SSSR count). The Kier molecular flexibility index (Phi) is 3.60. The standard InChI is InChI=1S/C9H9F2NO4/c1-16-7(14)2-4-6(13)3-5(8(10)11)12-9(4)15/h3,8H,2H2,1H3,(H2,12,13,15). The molecule has 1 aromatic rings. The average Bonchev–Trinajstić information content (AvgIpc) is 2.22. The number of carbonyl (C=O) groups is 1. The lowest BCUT2D eigenvalue weighted by atomic mass is 10.1. The van der Waals surface area contributed by atoms with E-state index in [9.17, 15) is 23.5 Å². The Bertz CT molecular complexity index is 455. The third-order valence-electron chi connectivity index (χ3n) is 1.92. The van der Waals surface area contributed by atoms with Crippen LogP contribution in [0.25, 0.3) is 0 Å². The molecule has 2 N–H and O–H groups in total. The monoisotopic (exact) mass is 233 g/mol. The summed E-state index contributed by atoms with van der Waals surface area (Å²) in [4.78, 5) is 24.0. The Balaban J connectivity index is 3.13. The highest BCUT2D eigenvalue weighted by atomic mass is 19.3. The van der Waals surface area contributed by atoms with Crippen molar-refractivity contribution >= 4 is 5.97 Å². The second-order valence-corrected chi connectivity index (χ2v) is 2.97. The van der Waals surface area contributed by atoms with Gasteiger partial charge in [-0.1, -0.05) is 0 Å². The van der Waals surface area contributed by atoms with Crippen LogP contribution >= 0.6 is 0 Å². The summed E-state index contributed by atoms with van der Waals surface area (Å²) in [6, 6.07) is 0.713. The van der Waals surface area contributed by atoms with Crippen molar-refractivity contribution in [2.75, 3.05) is 7.11 Å². The van der Waals surface area contributed by atoms with E-state index in [2.05, 4.69) is 4.74 Å². The Labute approximate surface area is 88.7 Å². The lowest BCUT2D eigenvalue weighted by molar-refractivity contribution is -0.139. The number of methoxy groups -OCH3 is 1. The van der Waals surface area contributed by atoms with Gasteiger partial charge in [0.15, 0.2) is 0 Å². The molecular formula is C9H9F2NO4. The molecule has 0 radical (unpaired) electrons. The predicted octanol–water partition coefficient (Wildman–Crippen LogP) is 0.734. The van der Waals surface area contributed by atoms with Crippen molar-refractivity contribution in [2.45, 2.75) is 12.8 Å². The molecule has 0 unspecified atom stereocenters. The molecule has 0 aliphatic rings. The summed E-state index contributed by atoms with van der Waals surface area (Å²) < 4.78 is 28.7. The minimum absolute atomic E-state index is 0.295. The van der Waals surface area contributed by atoms with E-state index in [1.54, 1.807) is 0 Å². The topological polar surface area (TPSA) is 79.4 Å². The number of hydrogen-bond donors (Lipinski definition) is 2. The molecule has 0 atom stereocenters. The summed E-state index contributed by atoms with van der Waals surface area (Å²) in [5.41, 5.74) is -1.92. The SMILES string of the molecule is COC(=O)Cc1c(O)cc(C(F)F)[nH]c1=O. The maximum absolute atomic E-state index is 12.2. The van der Waals surface area contributed by atoms with Gasteiger partial charge in [0, 0.05) is 6.07 Å². The summed E-state index contributed by atoms with van der Waals surface area (Å²) in [6.07, 6.45) is -3.37. The Hall–Kier alpha value is -1.92. The van der Waals surface area contributed by atoms with Crippen LogP contribution in [0.2, 0.25) is 0 Å².